The maximum absolute atomic E-state index is 13.6. The Bertz CT molecular complexity index is 896. The van der Waals surface area contributed by atoms with E-state index in [0.717, 1.165) is 44.9 Å². The topological polar surface area (TPSA) is 73.3 Å². The van der Waals surface area contributed by atoms with Crippen molar-refractivity contribution in [1.29, 1.82) is 0 Å². The van der Waals surface area contributed by atoms with Crippen molar-refractivity contribution in [3.05, 3.63) is 35.9 Å². The Morgan fingerprint density at radius 3 is 2.18 bits per heavy atom. The van der Waals surface area contributed by atoms with Gasteiger partial charge in [0.15, 0.2) is 0 Å². The van der Waals surface area contributed by atoms with Crippen LogP contribution in [-0.2, 0) is 15.1 Å². The van der Waals surface area contributed by atoms with E-state index in [1.54, 1.807) is 4.90 Å². The number of ether oxygens (including phenoxy) is 1. The average Bonchev–Trinajstić information content (AvgIpc) is 2.97. The number of amides is 2. The van der Waals surface area contributed by atoms with Crippen molar-refractivity contribution >= 4 is 12.0 Å². The molecule has 3 aliphatic rings. The minimum absolute atomic E-state index is 0.0513. The van der Waals surface area contributed by atoms with Gasteiger partial charge in [-0.05, 0) is 85.4 Å². The molecule has 1 N–H and O–H groups in total. The summed E-state index contributed by atoms with van der Waals surface area (Å²) in [6.45, 7) is 6.30. The zero-order chi connectivity index (χ0) is 24.8. The van der Waals surface area contributed by atoms with E-state index < -0.39 is 11.2 Å². The lowest BCUT2D eigenvalue weighted by atomic mass is 9.67. The maximum Gasteiger partial charge on any atom is 0.326 e. The van der Waals surface area contributed by atoms with E-state index >= 15 is 0 Å². The van der Waals surface area contributed by atoms with Gasteiger partial charge in [-0.3, -0.25) is 9.69 Å². The summed E-state index contributed by atoms with van der Waals surface area (Å²) in [5.74, 6) is -0.386. The Hall–Kier alpha value is -2.12. The van der Waals surface area contributed by atoms with Gasteiger partial charge in [0.1, 0.15) is 12.1 Å². The third-order valence-electron chi connectivity index (χ3n) is 8.21. The molecule has 1 aromatic rings. The van der Waals surface area contributed by atoms with Crippen LogP contribution in [0.1, 0.15) is 71.3 Å². The van der Waals surface area contributed by atoms with E-state index in [2.05, 4.69) is 43.3 Å². The maximum atomic E-state index is 13.6. The molecule has 0 aromatic heterocycles. The Morgan fingerprint density at radius 1 is 1.06 bits per heavy atom. The molecule has 1 aliphatic heterocycles. The molecule has 1 saturated heterocycles. The van der Waals surface area contributed by atoms with Crippen molar-refractivity contribution in [2.24, 2.45) is 0 Å². The van der Waals surface area contributed by atoms with Crippen LogP contribution in [0.15, 0.2) is 30.3 Å². The summed E-state index contributed by atoms with van der Waals surface area (Å²) >= 11 is 0. The van der Waals surface area contributed by atoms with Gasteiger partial charge in [-0.1, -0.05) is 30.3 Å². The van der Waals surface area contributed by atoms with Crippen LogP contribution in [-0.4, -0.2) is 82.3 Å². The minimum Gasteiger partial charge on any atom is -0.459 e. The number of hydrogen-bond acceptors (Lipinski definition) is 5. The first kappa shape index (κ1) is 25.0. The number of nitrogens with zero attached hydrogens (tertiary/aromatic N) is 3. The molecule has 0 atom stereocenters. The van der Waals surface area contributed by atoms with Crippen molar-refractivity contribution in [2.75, 3.05) is 33.7 Å². The van der Waals surface area contributed by atoms with E-state index in [4.69, 9.17) is 4.74 Å². The lowest BCUT2D eigenvalue weighted by molar-refractivity contribution is -0.155. The molecule has 2 amide bonds. The average molecular weight is 472 g/mol. The van der Waals surface area contributed by atoms with Gasteiger partial charge in [0.25, 0.3) is 0 Å². The Morgan fingerprint density at radius 2 is 1.68 bits per heavy atom. The SMILES string of the molecule is CN(C)[C@]1(c2ccccc2)CC[C@@]2(CC1)CN(CC(=O)OC(C)(C)C)C(=O)N2CC1(O)CCC1. The largest absolute Gasteiger partial charge is 0.459 e. The molecule has 0 radical (unpaired) electrons. The van der Waals surface area contributed by atoms with Gasteiger partial charge >= 0.3 is 12.0 Å². The van der Waals surface area contributed by atoms with E-state index in [1.165, 1.54) is 5.56 Å². The normalized spacial score (nSPS) is 29.0. The van der Waals surface area contributed by atoms with Crippen molar-refractivity contribution < 1.29 is 19.4 Å². The molecule has 7 nitrogen and oxygen atoms in total. The smallest absolute Gasteiger partial charge is 0.326 e. The fraction of sp³-hybridized carbons (Fsp3) is 0.704. The second-order valence-electron chi connectivity index (χ2n) is 11.9. The Balaban J connectivity index is 1.58. The van der Waals surface area contributed by atoms with E-state index in [1.807, 2.05) is 31.7 Å². The van der Waals surface area contributed by atoms with Crippen LogP contribution in [0.3, 0.4) is 0 Å². The molecular formula is C27H41N3O4. The van der Waals surface area contributed by atoms with Crippen LogP contribution in [0.4, 0.5) is 4.79 Å². The van der Waals surface area contributed by atoms with Crippen molar-refractivity contribution in [2.45, 2.75) is 88.0 Å². The Labute approximate surface area is 204 Å². The van der Waals surface area contributed by atoms with Crippen LogP contribution in [0.2, 0.25) is 0 Å². The fourth-order valence-electron chi connectivity index (χ4n) is 6.11. The summed E-state index contributed by atoms with van der Waals surface area (Å²) in [7, 11) is 4.27. The number of aliphatic hydroxyl groups is 1. The number of rotatable bonds is 6. The van der Waals surface area contributed by atoms with Crippen LogP contribution >= 0.6 is 0 Å². The number of urea groups is 1. The molecule has 1 spiro atoms. The number of carbonyl (C=O) groups excluding carboxylic acids is 2. The van der Waals surface area contributed by atoms with Gasteiger partial charge in [0, 0.05) is 12.1 Å². The van der Waals surface area contributed by atoms with Gasteiger partial charge in [-0.25, -0.2) is 4.79 Å². The summed E-state index contributed by atoms with van der Waals surface area (Å²) in [6.07, 6.45) is 5.92. The van der Waals surface area contributed by atoms with Gasteiger partial charge in [-0.15, -0.1) is 0 Å². The zero-order valence-corrected chi connectivity index (χ0v) is 21.5. The first-order valence-corrected chi connectivity index (χ1v) is 12.6. The monoisotopic (exact) mass is 471 g/mol. The van der Waals surface area contributed by atoms with Gasteiger partial charge in [0.2, 0.25) is 0 Å². The second kappa shape index (κ2) is 8.83. The highest BCUT2D eigenvalue weighted by atomic mass is 16.6. The standard InChI is InChI=1S/C27H41N3O4/c1-24(2,3)34-22(31)18-29-19-25(30(23(29)32)20-26(33)12-9-13-26)14-16-27(17-15-25,28(4)5)21-10-7-6-8-11-21/h6-8,10-11,33H,9,12-20H2,1-5H3/t25-,27-. The summed E-state index contributed by atoms with van der Waals surface area (Å²) in [5, 5.41) is 11.0. The highest BCUT2D eigenvalue weighted by Crippen LogP contribution is 2.50. The summed E-state index contributed by atoms with van der Waals surface area (Å²) in [6, 6.07) is 10.5. The third kappa shape index (κ3) is 4.69. The molecule has 1 aromatic carbocycles. The zero-order valence-electron chi connectivity index (χ0n) is 21.5. The number of carbonyl (C=O) groups is 2. The number of β-amino-alcohol motifs (C(OH)–C–C–N with tert-alkyl or cyclic N) is 1. The Kier molecular flexibility index (Phi) is 6.49. The molecule has 2 saturated carbocycles. The summed E-state index contributed by atoms with van der Waals surface area (Å²) in [5.41, 5.74) is -0.565. The van der Waals surface area contributed by atoms with Crippen molar-refractivity contribution in [1.82, 2.24) is 14.7 Å². The van der Waals surface area contributed by atoms with Crippen molar-refractivity contribution in [3.63, 3.8) is 0 Å². The molecule has 188 valence electrons. The van der Waals surface area contributed by atoms with Gasteiger partial charge < -0.3 is 19.6 Å². The van der Waals surface area contributed by atoms with Crippen molar-refractivity contribution in [3.8, 4) is 0 Å². The highest BCUT2D eigenvalue weighted by molar-refractivity contribution is 5.84. The number of benzene rings is 1. The lowest BCUT2D eigenvalue weighted by Crippen LogP contribution is -2.59. The van der Waals surface area contributed by atoms with Crippen LogP contribution < -0.4 is 0 Å². The first-order chi connectivity index (χ1) is 15.9. The van der Waals surface area contributed by atoms with Crippen LogP contribution in [0.25, 0.3) is 0 Å². The van der Waals surface area contributed by atoms with Gasteiger partial charge in [0.05, 0.1) is 17.7 Å². The predicted octanol–water partition coefficient (Wildman–Crippen LogP) is 3.75. The third-order valence-corrected chi connectivity index (χ3v) is 8.21. The molecular weight excluding hydrogens is 430 g/mol. The van der Waals surface area contributed by atoms with E-state index in [0.29, 0.717) is 13.1 Å². The van der Waals surface area contributed by atoms with E-state index in [9.17, 15) is 14.7 Å². The summed E-state index contributed by atoms with van der Waals surface area (Å²) < 4.78 is 5.51. The first-order valence-electron chi connectivity index (χ1n) is 12.6. The number of esters is 1. The molecule has 4 rings (SSSR count). The molecule has 1 heterocycles. The number of hydrogen-bond donors (Lipinski definition) is 1. The molecule has 34 heavy (non-hydrogen) atoms. The molecule has 2 aliphatic carbocycles. The predicted molar refractivity (Wildman–Crippen MR) is 131 cm³/mol. The molecule has 0 bridgehead atoms. The lowest BCUT2D eigenvalue weighted by Gasteiger charge is -2.52. The summed E-state index contributed by atoms with van der Waals surface area (Å²) in [4.78, 5) is 32.0. The minimum atomic E-state index is -0.805. The molecule has 0 unspecified atom stereocenters. The van der Waals surface area contributed by atoms with Gasteiger partial charge in [-0.2, -0.15) is 0 Å². The quantitative estimate of drug-likeness (QED) is 0.640. The fourth-order valence-corrected chi connectivity index (χ4v) is 6.11. The second-order valence-corrected chi connectivity index (χ2v) is 11.9. The molecule has 7 heteroatoms. The highest BCUT2D eigenvalue weighted by Gasteiger charge is 2.56. The molecule has 3 fully saturated rings. The van der Waals surface area contributed by atoms with E-state index in [-0.39, 0.29) is 29.6 Å². The van der Waals surface area contributed by atoms with Crippen LogP contribution in [0, 0.1) is 0 Å². The van der Waals surface area contributed by atoms with Crippen LogP contribution in [0.5, 0.6) is 0 Å².